The van der Waals surface area contributed by atoms with Gasteiger partial charge in [0, 0.05) is 25.7 Å². The molecule has 19 heteroatoms. The fraction of sp³-hybridized carbons (Fsp3) is 0.949. The van der Waals surface area contributed by atoms with Crippen LogP contribution in [0.15, 0.2) is 0 Å². The molecule has 0 aliphatic rings. The molecule has 0 rings (SSSR count). The van der Waals surface area contributed by atoms with Crippen LogP contribution < -0.4 is 0 Å². The lowest BCUT2D eigenvalue weighted by molar-refractivity contribution is -0.161. The Morgan fingerprint density at radius 1 is 0.278 bits per heavy atom. The molecule has 3 N–H and O–H groups in total. The van der Waals surface area contributed by atoms with E-state index in [2.05, 4.69) is 48.5 Å². The van der Waals surface area contributed by atoms with Gasteiger partial charge in [0.1, 0.15) is 19.3 Å². The third-order valence-electron chi connectivity index (χ3n) is 18.1. The van der Waals surface area contributed by atoms with Crippen molar-refractivity contribution < 1.29 is 80.2 Å². The van der Waals surface area contributed by atoms with Gasteiger partial charge in [0.25, 0.3) is 0 Å². The fourth-order valence-electron chi connectivity index (χ4n) is 12.0. The van der Waals surface area contributed by atoms with Crippen LogP contribution in [-0.2, 0) is 65.4 Å². The van der Waals surface area contributed by atoms with E-state index in [9.17, 15) is 43.2 Å². The Labute approximate surface area is 594 Å². The molecule has 0 spiro atoms. The highest BCUT2D eigenvalue weighted by atomic mass is 31.2. The van der Waals surface area contributed by atoms with Crippen molar-refractivity contribution in [2.24, 2.45) is 17.8 Å². The van der Waals surface area contributed by atoms with E-state index in [1.165, 1.54) is 212 Å². The smallest absolute Gasteiger partial charge is 0.462 e. The van der Waals surface area contributed by atoms with Crippen LogP contribution in [0.25, 0.3) is 0 Å². The van der Waals surface area contributed by atoms with Crippen molar-refractivity contribution in [3.8, 4) is 0 Å². The van der Waals surface area contributed by atoms with Gasteiger partial charge in [-0.3, -0.25) is 37.3 Å². The molecule has 17 nitrogen and oxygen atoms in total. The predicted molar refractivity (Wildman–Crippen MR) is 395 cm³/mol. The number of carbonyl (C=O) groups excluding carboxylic acids is 4. The number of hydrogen-bond donors (Lipinski definition) is 3. The van der Waals surface area contributed by atoms with Crippen LogP contribution in [0.5, 0.6) is 0 Å². The second-order valence-corrected chi connectivity index (χ2v) is 32.4. The third-order valence-corrected chi connectivity index (χ3v) is 20.0. The zero-order valence-corrected chi connectivity index (χ0v) is 65.3. The van der Waals surface area contributed by atoms with Crippen molar-refractivity contribution in [3.05, 3.63) is 0 Å². The van der Waals surface area contributed by atoms with Gasteiger partial charge >= 0.3 is 39.5 Å². The molecule has 0 saturated heterocycles. The summed E-state index contributed by atoms with van der Waals surface area (Å²) in [6.45, 7) is 11.8. The Balaban J connectivity index is 5.22. The highest BCUT2D eigenvalue weighted by Crippen LogP contribution is 2.45. The topological polar surface area (TPSA) is 237 Å². The van der Waals surface area contributed by atoms with E-state index in [0.717, 1.165) is 108 Å². The van der Waals surface area contributed by atoms with Crippen LogP contribution in [0.3, 0.4) is 0 Å². The van der Waals surface area contributed by atoms with Gasteiger partial charge in [-0.15, -0.1) is 0 Å². The summed E-state index contributed by atoms with van der Waals surface area (Å²) < 4.78 is 68.6. The maximum atomic E-state index is 13.1. The number of aliphatic hydroxyl groups is 1. The van der Waals surface area contributed by atoms with Crippen LogP contribution in [0, 0.1) is 17.8 Å². The molecule has 0 bridgehead atoms. The van der Waals surface area contributed by atoms with E-state index in [1.807, 2.05) is 0 Å². The molecule has 576 valence electrons. The molecular formula is C78H152O17P2. The minimum absolute atomic E-state index is 0.104. The largest absolute Gasteiger partial charge is 0.472 e. The van der Waals surface area contributed by atoms with E-state index in [4.69, 9.17) is 37.0 Å². The van der Waals surface area contributed by atoms with E-state index >= 15 is 0 Å². The number of carbonyl (C=O) groups is 4. The second-order valence-electron chi connectivity index (χ2n) is 29.5. The average molecular weight is 1420 g/mol. The average Bonchev–Trinajstić information content (AvgIpc) is 1.40. The van der Waals surface area contributed by atoms with Crippen molar-refractivity contribution in [3.63, 3.8) is 0 Å². The van der Waals surface area contributed by atoms with Crippen molar-refractivity contribution in [2.75, 3.05) is 39.6 Å². The number of unbranched alkanes of at least 4 members (excludes halogenated alkanes) is 44. The summed E-state index contributed by atoms with van der Waals surface area (Å²) in [5.41, 5.74) is 0. The number of rotatable bonds is 76. The SMILES string of the molecule is CCCCCCCCCCCCCCCCCCCCCCC(=O)O[C@H](COC(=O)CCCCCCCCCCCCCCC(C)C)COP(=O)(O)OC[C@@H](O)COP(=O)(O)OC[C@@H](COC(=O)CCCCCCCCCCC(C)C)OC(=O)CCCCCCCCCCC(C)C. The molecule has 0 radical (unpaired) electrons. The maximum absolute atomic E-state index is 13.1. The number of phosphoric acid groups is 2. The Kier molecular flexibility index (Phi) is 67.1. The first-order chi connectivity index (χ1) is 46.7. The van der Waals surface area contributed by atoms with Gasteiger partial charge < -0.3 is 33.8 Å². The molecule has 5 atom stereocenters. The zero-order valence-electron chi connectivity index (χ0n) is 63.5. The lowest BCUT2D eigenvalue weighted by Gasteiger charge is -2.21. The molecular weight excluding hydrogens is 1270 g/mol. The quantitative estimate of drug-likeness (QED) is 0.0222. The predicted octanol–water partition coefficient (Wildman–Crippen LogP) is 23.0. The summed E-state index contributed by atoms with van der Waals surface area (Å²) in [7, 11) is -9.91. The van der Waals surface area contributed by atoms with Gasteiger partial charge in [0.15, 0.2) is 12.2 Å². The lowest BCUT2D eigenvalue weighted by atomic mass is 10.0. The van der Waals surface area contributed by atoms with Crippen molar-refractivity contribution in [2.45, 2.75) is 420 Å². The Morgan fingerprint density at radius 2 is 0.474 bits per heavy atom. The minimum Gasteiger partial charge on any atom is -0.462 e. The monoisotopic (exact) mass is 1420 g/mol. The first-order valence-corrected chi connectivity index (χ1v) is 43.3. The van der Waals surface area contributed by atoms with Crippen LogP contribution in [-0.4, -0.2) is 96.7 Å². The van der Waals surface area contributed by atoms with Crippen molar-refractivity contribution in [1.29, 1.82) is 0 Å². The van der Waals surface area contributed by atoms with Crippen LogP contribution >= 0.6 is 15.6 Å². The summed E-state index contributed by atoms with van der Waals surface area (Å²) in [6.07, 6.45) is 55.7. The van der Waals surface area contributed by atoms with E-state index in [-0.39, 0.29) is 25.7 Å². The summed E-state index contributed by atoms with van der Waals surface area (Å²) >= 11 is 0. The molecule has 0 aromatic carbocycles. The number of phosphoric ester groups is 2. The summed E-state index contributed by atoms with van der Waals surface area (Å²) in [5.74, 6) is 0.108. The Hall–Kier alpha value is -1.94. The molecule has 0 aromatic heterocycles. The normalized spacial score (nSPS) is 14.0. The molecule has 0 aliphatic heterocycles. The minimum atomic E-state index is -4.96. The van der Waals surface area contributed by atoms with Gasteiger partial charge in [-0.25, -0.2) is 9.13 Å². The number of aliphatic hydroxyl groups excluding tert-OH is 1. The molecule has 0 fully saturated rings. The van der Waals surface area contributed by atoms with Crippen molar-refractivity contribution >= 4 is 39.5 Å². The standard InChI is InChI=1S/C78H152O17P2/c1-8-9-10-11-12-13-14-15-16-17-18-19-20-21-22-27-30-40-47-54-61-77(82)94-73(65-88-75(80)59-52-45-38-29-26-24-23-25-28-35-42-49-56-69(2)3)67-92-96(84,85)90-63-72(79)64-91-97(86,87)93-68-74(95-78(83)62-55-48-41-34-32-37-44-51-58-71(6)7)66-89-76(81)60-53-46-39-33-31-36-43-50-57-70(4)5/h69-74,79H,8-68H2,1-7H3,(H,84,85)(H,86,87)/t72-,73-,74-/m1/s1. The van der Waals surface area contributed by atoms with Gasteiger partial charge in [-0.05, 0) is 43.4 Å². The lowest BCUT2D eigenvalue weighted by Crippen LogP contribution is -2.30. The summed E-state index contributed by atoms with van der Waals surface area (Å²) in [6, 6.07) is 0. The summed E-state index contributed by atoms with van der Waals surface area (Å²) in [5, 5.41) is 10.6. The molecule has 0 aromatic rings. The van der Waals surface area contributed by atoms with Crippen LogP contribution in [0.1, 0.15) is 402 Å². The number of ether oxygens (including phenoxy) is 4. The van der Waals surface area contributed by atoms with Crippen LogP contribution in [0.2, 0.25) is 0 Å². The zero-order chi connectivity index (χ0) is 71.6. The molecule has 0 saturated carbocycles. The molecule has 0 aliphatic carbocycles. The van der Waals surface area contributed by atoms with Gasteiger partial charge in [-0.2, -0.15) is 0 Å². The first kappa shape index (κ1) is 95.1. The third kappa shape index (κ3) is 72.2. The van der Waals surface area contributed by atoms with Gasteiger partial charge in [0.2, 0.25) is 0 Å². The molecule has 97 heavy (non-hydrogen) atoms. The Morgan fingerprint density at radius 3 is 0.701 bits per heavy atom. The van der Waals surface area contributed by atoms with E-state index < -0.39 is 97.5 Å². The van der Waals surface area contributed by atoms with Gasteiger partial charge in [-0.1, -0.05) is 350 Å². The van der Waals surface area contributed by atoms with E-state index in [0.29, 0.717) is 25.7 Å². The first-order valence-electron chi connectivity index (χ1n) is 40.3. The summed E-state index contributed by atoms with van der Waals surface area (Å²) in [4.78, 5) is 72.9. The highest BCUT2D eigenvalue weighted by Gasteiger charge is 2.30. The number of hydrogen-bond acceptors (Lipinski definition) is 15. The molecule has 0 amide bonds. The fourth-order valence-corrected chi connectivity index (χ4v) is 13.5. The highest BCUT2D eigenvalue weighted by molar-refractivity contribution is 7.47. The molecule has 0 heterocycles. The van der Waals surface area contributed by atoms with Crippen molar-refractivity contribution in [1.82, 2.24) is 0 Å². The Bertz CT molecular complexity index is 1890. The molecule has 2 unspecified atom stereocenters. The number of esters is 4. The maximum Gasteiger partial charge on any atom is 0.472 e. The second kappa shape index (κ2) is 68.5. The van der Waals surface area contributed by atoms with Crippen LogP contribution in [0.4, 0.5) is 0 Å². The van der Waals surface area contributed by atoms with E-state index in [1.54, 1.807) is 0 Å². The van der Waals surface area contributed by atoms with Gasteiger partial charge in [0.05, 0.1) is 26.4 Å².